The molecule has 0 aliphatic heterocycles. The molecule has 0 radical (unpaired) electrons. The van der Waals surface area contributed by atoms with E-state index in [-0.39, 0.29) is 5.75 Å². The highest BCUT2D eigenvalue weighted by Gasteiger charge is 2.29. The first-order valence-electron chi connectivity index (χ1n) is 6.48. The molecule has 0 heterocycles. The van der Waals surface area contributed by atoms with Crippen LogP contribution in [0.4, 0.5) is 13.2 Å². The molecule has 7 heteroatoms. The van der Waals surface area contributed by atoms with Gasteiger partial charge in [0.15, 0.2) is 9.84 Å². The molecular weight excluding hydrogens is 349 g/mol. The van der Waals surface area contributed by atoms with Gasteiger partial charge in [0.1, 0.15) is 0 Å². The smallest absolute Gasteiger partial charge is 0.224 e. The van der Waals surface area contributed by atoms with Crippen LogP contribution in [0.25, 0.3) is 6.08 Å². The summed E-state index contributed by atoms with van der Waals surface area (Å²) in [5, 5.41) is 1.50. The Labute approximate surface area is 137 Å². The molecule has 0 saturated carbocycles. The topological polar surface area (TPSA) is 34.1 Å². The minimum Gasteiger partial charge on any atom is -0.224 e. The molecule has 0 bridgehead atoms. The predicted molar refractivity (Wildman–Crippen MR) is 84.6 cm³/mol. The molecule has 0 amide bonds. The third-order valence-corrected chi connectivity index (χ3v) is 4.53. The summed E-state index contributed by atoms with van der Waals surface area (Å²) in [6.45, 7) is 0. The standard InChI is InChI=1S/C16H12ClF3O2S/c17-15-7-3-13(4-8-15)11-23(21,22)10-9-12-1-5-14(6-2-12)16(18,19)20/h1-10H,11H2/b10-9+. The summed E-state index contributed by atoms with van der Waals surface area (Å²) in [6, 6.07) is 10.6. The molecule has 2 aromatic rings. The van der Waals surface area contributed by atoms with E-state index in [9.17, 15) is 21.6 Å². The van der Waals surface area contributed by atoms with Gasteiger partial charge in [-0.2, -0.15) is 13.2 Å². The SMILES string of the molecule is O=S(=O)(/C=C/c1ccc(C(F)(F)F)cc1)Cc1ccc(Cl)cc1. The minimum absolute atomic E-state index is 0.207. The molecule has 0 saturated heterocycles. The van der Waals surface area contributed by atoms with E-state index in [0.717, 1.165) is 17.5 Å². The first-order valence-corrected chi connectivity index (χ1v) is 8.58. The van der Waals surface area contributed by atoms with E-state index >= 15 is 0 Å². The predicted octanol–water partition coefficient (Wildman–Crippen LogP) is 4.94. The Hall–Kier alpha value is -1.79. The monoisotopic (exact) mass is 360 g/mol. The molecule has 122 valence electrons. The Morgan fingerprint density at radius 3 is 2.04 bits per heavy atom. The van der Waals surface area contributed by atoms with E-state index in [1.165, 1.54) is 18.2 Å². The van der Waals surface area contributed by atoms with E-state index in [1.54, 1.807) is 24.3 Å². The molecule has 0 unspecified atom stereocenters. The van der Waals surface area contributed by atoms with Gasteiger partial charge in [0.25, 0.3) is 0 Å². The summed E-state index contributed by atoms with van der Waals surface area (Å²) in [4.78, 5) is 0. The van der Waals surface area contributed by atoms with Crippen molar-refractivity contribution in [2.45, 2.75) is 11.9 Å². The third kappa shape index (κ3) is 5.41. The second kappa shape index (κ2) is 6.76. The zero-order valence-electron chi connectivity index (χ0n) is 11.7. The van der Waals surface area contributed by atoms with Crippen LogP contribution >= 0.6 is 11.6 Å². The van der Waals surface area contributed by atoms with Crippen molar-refractivity contribution < 1.29 is 21.6 Å². The van der Waals surface area contributed by atoms with Crippen LogP contribution in [-0.4, -0.2) is 8.42 Å². The first-order chi connectivity index (χ1) is 10.7. The van der Waals surface area contributed by atoms with Gasteiger partial charge in [0, 0.05) is 10.4 Å². The van der Waals surface area contributed by atoms with Gasteiger partial charge in [0.2, 0.25) is 0 Å². The van der Waals surface area contributed by atoms with E-state index in [2.05, 4.69) is 0 Å². The van der Waals surface area contributed by atoms with E-state index in [1.807, 2.05) is 0 Å². The van der Waals surface area contributed by atoms with Gasteiger partial charge in [0.05, 0.1) is 11.3 Å². The van der Waals surface area contributed by atoms with Gasteiger partial charge in [-0.15, -0.1) is 0 Å². The average molecular weight is 361 g/mol. The summed E-state index contributed by atoms with van der Waals surface area (Å²) >= 11 is 5.73. The van der Waals surface area contributed by atoms with Gasteiger partial charge in [-0.25, -0.2) is 8.42 Å². The lowest BCUT2D eigenvalue weighted by molar-refractivity contribution is -0.137. The summed E-state index contributed by atoms with van der Waals surface area (Å²) in [5.41, 5.74) is 0.169. The number of rotatable bonds is 4. The Balaban J connectivity index is 2.10. The van der Waals surface area contributed by atoms with E-state index in [0.29, 0.717) is 16.1 Å². The highest BCUT2D eigenvalue weighted by Crippen LogP contribution is 2.29. The molecule has 0 spiro atoms. The van der Waals surface area contributed by atoms with Crippen molar-refractivity contribution >= 4 is 27.5 Å². The van der Waals surface area contributed by atoms with Gasteiger partial charge in [-0.05, 0) is 41.5 Å². The second-order valence-electron chi connectivity index (χ2n) is 4.86. The van der Waals surface area contributed by atoms with Crippen molar-refractivity contribution in [3.05, 3.63) is 75.7 Å². The van der Waals surface area contributed by atoms with Crippen molar-refractivity contribution in [2.75, 3.05) is 0 Å². The summed E-state index contributed by atoms with van der Waals surface area (Å²) < 4.78 is 61.3. The maximum Gasteiger partial charge on any atom is 0.416 e. The molecule has 2 rings (SSSR count). The lowest BCUT2D eigenvalue weighted by atomic mass is 10.1. The number of halogens is 4. The van der Waals surface area contributed by atoms with E-state index in [4.69, 9.17) is 11.6 Å². The number of benzene rings is 2. The van der Waals surface area contributed by atoms with Gasteiger partial charge in [-0.3, -0.25) is 0 Å². The number of sulfone groups is 1. The van der Waals surface area contributed by atoms with Crippen LogP contribution in [0.5, 0.6) is 0 Å². The zero-order chi connectivity index (χ0) is 17.1. The van der Waals surface area contributed by atoms with Crippen molar-refractivity contribution in [1.29, 1.82) is 0 Å². The average Bonchev–Trinajstić information content (AvgIpc) is 2.47. The Morgan fingerprint density at radius 1 is 0.957 bits per heavy atom. The van der Waals surface area contributed by atoms with Crippen molar-refractivity contribution in [3.8, 4) is 0 Å². The fourth-order valence-electron chi connectivity index (χ4n) is 1.83. The maximum atomic E-state index is 12.4. The quantitative estimate of drug-likeness (QED) is 0.773. The van der Waals surface area contributed by atoms with E-state index < -0.39 is 21.6 Å². The molecule has 0 N–H and O–H groups in total. The molecule has 0 aromatic heterocycles. The summed E-state index contributed by atoms with van der Waals surface area (Å²) in [7, 11) is -3.53. The fourth-order valence-corrected chi connectivity index (χ4v) is 3.07. The third-order valence-electron chi connectivity index (χ3n) is 2.99. The van der Waals surface area contributed by atoms with Crippen LogP contribution in [0.2, 0.25) is 5.02 Å². The highest BCUT2D eigenvalue weighted by atomic mass is 35.5. The lowest BCUT2D eigenvalue weighted by Crippen LogP contribution is -2.04. The molecule has 0 aliphatic carbocycles. The lowest BCUT2D eigenvalue weighted by Gasteiger charge is -2.06. The highest BCUT2D eigenvalue weighted by molar-refractivity contribution is 7.93. The summed E-state index contributed by atoms with van der Waals surface area (Å²) in [6.07, 6.45) is -3.14. The largest absolute Gasteiger partial charge is 0.416 e. The molecule has 0 aliphatic rings. The van der Waals surface area contributed by atoms with Gasteiger partial charge >= 0.3 is 6.18 Å². The van der Waals surface area contributed by atoms with Crippen LogP contribution in [0.15, 0.2) is 53.9 Å². The molecule has 2 aromatic carbocycles. The van der Waals surface area contributed by atoms with Crippen molar-refractivity contribution in [2.24, 2.45) is 0 Å². The molecule has 0 atom stereocenters. The van der Waals surface area contributed by atoms with Crippen LogP contribution in [0.1, 0.15) is 16.7 Å². The maximum absolute atomic E-state index is 12.4. The number of hydrogen-bond donors (Lipinski definition) is 0. The number of hydrogen-bond acceptors (Lipinski definition) is 2. The second-order valence-corrected chi connectivity index (χ2v) is 7.18. The van der Waals surface area contributed by atoms with Crippen molar-refractivity contribution in [1.82, 2.24) is 0 Å². The van der Waals surface area contributed by atoms with Gasteiger partial charge in [-0.1, -0.05) is 35.9 Å². The molecule has 0 fully saturated rings. The van der Waals surface area contributed by atoms with Crippen molar-refractivity contribution in [3.63, 3.8) is 0 Å². The van der Waals surface area contributed by atoms with Crippen LogP contribution in [-0.2, 0) is 21.8 Å². The number of alkyl halides is 3. The first kappa shape index (κ1) is 17.6. The molecule has 23 heavy (non-hydrogen) atoms. The Morgan fingerprint density at radius 2 is 1.52 bits per heavy atom. The van der Waals surface area contributed by atoms with Crippen LogP contribution in [0, 0.1) is 0 Å². The minimum atomic E-state index is -4.41. The van der Waals surface area contributed by atoms with Crippen LogP contribution in [0.3, 0.4) is 0 Å². The van der Waals surface area contributed by atoms with Gasteiger partial charge < -0.3 is 0 Å². The normalized spacial score (nSPS) is 12.7. The fraction of sp³-hybridized carbons (Fsp3) is 0.125. The zero-order valence-corrected chi connectivity index (χ0v) is 13.3. The Bertz CT molecular complexity index is 793. The summed E-state index contributed by atoms with van der Waals surface area (Å²) in [5.74, 6) is -0.207. The van der Waals surface area contributed by atoms with Crippen LogP contribution < -0.4 is 0 Å². The molecular formula is C16H12ClF3O2S. The molecule has 2 nitrogen and oxygen atoms in total. The Kier molecular flexibility index (Phi) is 5.16.